The van der Waals surface area contributed by atoms with Crippen LogP contribution in [0.4, 0.5) is 11.4 Å². The van der Waals surface area contributed by atoms with Crippen LogP contribution in [0.25, 0.3) is 11.3 Å². The Bertz CT molecular complexity index is 1050. The molecule has 0 atom stereocenters. The van der Waals surface area contributed by atoms with Crippen LogP contribution in [-0.4, -0.2) is 18.1 Å². The Balaban J connectivity index is 1.69. The summed E-state index contributed by atoms with van der Waals surface area (Å²) in [5.74, 6) is 6.27. The molecular weight excluding hydrogens is 386 g/mol. The molecule has 0 saturated heterocycles. The van der Waals surface area contributed by atoms with Crippen LogP contribution >= 0.6 is 11.6 Å². The maximum absolute atomic E-state index is 11.5. The number of esters is 1. The second-order valence-corrected chi connectivity index (χ2v) is 7.54. The molecule has 0 spiro atoms. The molecule has 0 unspecified atom stereocenters. The summed E-state index contributed by atoms with van der Waals surface area (Å²) >= 11 is 6.18. The van der Waals surface area contributed by atoms with Gasteiger partial charge in [0.25, 0.3) is 0 Å². The number of hydrogen-bond donors (Lipinski definition) is 1. The predicted octanol–water partition coefficient (Wildman–Crippen LogP) is 4.62. The number of nitrogens with zero attached hydrogens (tertiary/aromatic N) is 2. The van der Waals surface area contributed by atoms with Crippen LogP contribution in [0.2, 0.25) is 5.02 Å². The molecule has 4 rings (SSSR count). The number of rotatable bonds is 5. The number of aryl methyl sites for hydroxylation is 1. The lowest BCUT2D eigenvalue weighted by Crippen LogP contribution is -2.26. The summed E-state index contributed by atoms with van der Waals surface area (Å²) in [4.78, 5) is 16.3. The number of methoxy groups -OCH3 is 1. The number of ether oxygens (including phenoxy) is 1. The number of benzene rings is 2. The van der Waals surface area contributed by atoms with Gasteiger partial charge in [-0.2, -0.15) is 0 Å². The van der Waals surface area contributed by atoms with Crippen molar-refractivity contribution in [1.82, 2.24) is 4.98 Å². The molecule has 1 aliphatic carbocycles. The molecule has 3 aromatic rings. The Morgan fingerprint density at radius 1 is 1.17 bits per heavy atom. The lowest BCUT2D eigenvalue weighted by Gasteiger charge is -2.23. The smallest absolute Gasteiger partial charge is 0.309 e. The molecule has 1 aliphatic rings. The predicted molar refractivity (Wildman–Crippen MR) is 115 cm³/mol. The van der Waals surface area contributed by atoms with Gasteiger partial charge in [-0.1, -0.05) is 35.9 Å². The molecule has 0 fully saturated rings. The monoisotopic (exact) mass is 407 g/mol. The highest BCUT2D eigenvalue weighted by atomic mass is 35.5. The van der Waals surface area contributed by atoms with Gasteiger partial charge in [-0.25, -0.2) is 5.84 Å². The van der Waals surface area contributed by atoms with Crippen molar-refractivity contribution >= 4 is 28.9 Å². The number of anilines is 2. The average Bonchev–Trinajstić information content (AvgIpc) is 3.22. The van der Waals surface area contributed by atoms with Crippen LogP contribution in [0.15, 0.2) is 54.6 Å². The minimum Gasteiger partial charge on any atom is -0.469 e. The van der Waals surface area contributed by atoms with Crippen molar-refractivity contribution in [1.29, 1.82) is 0 Å². The third kappa shape index (κ3) is 4.11. The average molecular weight is 408 g/mol. The summed E-state index contributed by atoms with van der Waals surface area (Å²) in [5.41, 5.74) is 6.79. The molecule has 0 aliphatic heterocycles. The van der Waals surface area contributed by atoms with Crippen molar-refractivity contribution in [3.8, 4) is 11.3 Å². The van der Waals surface area contributed by atoms with E-state index in [0.717, 1.165) is 53.2 Å². The summed E-state index contributed by atoms with van der Waals surface area (Å²) in [5, 5.41) is 2.37. The Kier molecular flexibility index (Phi) is 5.51. The van der Waals surface area contributed by atoms with Gasteiger partial charge in [0.2, 0.25) is 0 Å². The van der Waals surface area contributed by atoms with Gasteiger partial charge in [-0.3, -0.25) is 14.8 Å². The number of aromatic nitrogens is 1. The highest BCUT2D eigenvalue weighted by molar-refractivity contribution is 6.30. The summed E-state index contributed by atoms with van der Waals surface area (Å²) in [6.45, 7) is 0. The molecule has 29 heavy (non-hydrogen) atoms. The first kappa shape index (κ1) is 19.4. The van der Waals surface area contributed by atoms with Crippen molar-refractivity contribution in [2.24, 2.45) is 5.84 Å². The van der Waals surface area contributed by atoms with Crippen molar-refractivity contribution in [3.05, 3.63) is 76.4 Å². The molecule has 5 nitrogen and oxygen atoms in total. The van der Waals surface area contributed by atoms with E-state index in [-0.39, 0.29) is 12.4 Å². The Hall–Kier alpha value is -2.89. The van der Waals surface area contributed by atoms with E-state index in [2.05, 4.69) is 0 Å². The Labute approximate surface area is 175 Å². The molecule has 0 bridgehead atoms. The number of fused-ring (bicyclic) bond motifs is 1. The number of nitrogens with two attached hydrogens (primary N) is 1. The first-order valence-corrected chi connectivity index (χ1v) is 9.92. The molecule has 0 saturated carbocycles. The second-order valence-electron chi connectivity index (χ2n) is 7.11. The highest BCUT2D eigenvalue weighted by Gasteiger charge is 2.22. The van der Waals surface area contributed by atoms with Gasteiger partial charge < -0.3 is 4.74 Å². The van der Waals surface area contributed by atoms with Crippen LogP contribution in [0.1, 0.15) is 23.2 Å². The molecule has 0 radical (unpaired) electrons. The number of hydrazine groups is 1. The maximum Gasteiger partial charge on any atom is 0.309 e. The van der Waals surface area contributed by atoms with E-state index >= 15 is 0 Å². The zero-order chi connectivity index (χ0) is 20.4. The fourth-order valence-corrected chi connectivity index (χ4v) is 3.87. The number of carbonyl (C=O) groups is 1. The molecule has 2 aromatic carbocycles. The van der Waals surface area contributed by atoms with Crippen molar-refractivity contribution in [3.63, 3.8) is 0 Å². The van der Waals surface area contributed by atoms with Crippen molar-refractivity contribution in [2.45, 2.75) is 25.7 Å². The lowest BCUT2D eigenvalue weighted by atomic mass is 10.1. The lowest BCUT2D eigenvalue weighted by molar-refractivity contribution is -0.139. The van der Waals surface area contributed by atoms with Gasteiger partial charge in [0, 0.05) is 16.3 Å². The number of hydrogen-bond acceptors (Lipinski definition) is 5. The first-order chi connectivity index (χ1) is 14.0. The Morgan fingerprint density at radius 3 is 2.69 bits per heavy atom. The zero-order valence-corrected chi connectivity index (χ0v) is 16.9. The highest BCUT2D eigenvalue weighted by Crippen LogP contribution is 2.36. The largest absolute Gasteiger partial charge is 0.469 e. The number of carbonyl (C=O) groups excluding carboxylic acids is 1. The minimum atomic E-state index is -0.263. The topological polar surface area (TPSA) is 68.5 Å². The van der Waals surface area contributed by atoms with Crippen molar-refractivity contribution in [2.75, 3.05) is 12.1 Å². The maximum atomic E-state index is 11.5. The summed E-state index contributed by atoms with van der Waals surface area (Å²) in [6, 6.07) is 17.3. The quantitative estimate of drug-likeness (QED) is 0.379. The van der Waals surface area contributed by atoms with E-state index in [1.807, 2.05) is 54.6 Å². The third-order valence-electron chi connectivity index (χ3n) is 5.20. The molecule has 1 heterocycles. The van der Waals surface area contributed by atoms with Crippen LogP contribution < -0.4 is 10.9 Å². The van der Waals surface area contributed by atoms with Gasteiger partial charge in [-0.15, -0.1) is 0 Å². The minimum absolute atomic E-state index is 0.241. The number of halogens is 1. The second kappa shape index (κ2) is 8.23. The van der Waals surface area contributed by atoms with Crippen LogP contribution in [-0.2, 0) is 28.8 Å². The van der Waals surface area contributed by atoms with Crippen LogP contribution in [0, 0.1) is 0 Å². The zero-order valence-electron chi connectivity index (χ0n) is 16.2. The van der Waals surface area contributed by atoms with Gasteiger partial charge in [0.05, 0.1) is 30.6 Å². The fourth-order valence-electron chi connectivity index (χ4n) is 3.68. The molecule has 0 amide bonds. The third-order valence-corrected chi connectivity index (χ3v) is 5.43. The summed E-state index contributed by atoms with van der Waals surface area (Å²) in [7, 11) is 1.39. The van der Waals surface area contributed by atoms with E-state index in [0.29, 0.717) is 5.02 Å². The van der Waals surface area contributed by atoms with E-state index in [9.17, 15) is 4.79 Å². The van der Waals surface area contributed by atoms with Crippen LogP contribution in [0.3, 0.4) is 0 Å². The standard InChI is InChI=1S/C23H22ClN3O2/c1-29-23(28)12-15-8-10-18(11-9-15)27(25)22-14-21(16-4-2-5-17(24)13-16)26-20-7-3-6-19(20)22/h2,4-5,8-11,13-14H,3,6-7,12,25H2,1H3. The number of pyridine rings is 1. The molecular formula is C23H22ClN3O2. The van der Waals surface area contributed by atoms with Crippen LogP contribution in [0.5, 0.6) is 0 Å². The van der Waals surface area contributed by atoms with E-state index in [1.165, 1.54) is 12.7 Å². The normalized spacial score (nSPS) is 12.5. The molecule has 148 valence electrons. The van der Waals surface area contributed by atoms with Gasteiger partial charge in [0.1, 0.15) is 0 Å². The molecule has 6 heteroatoms. The molecule has 1 aromatic heterocycles. The summed E-state index contributed by atoms with van der Waals surface area (Å²) in [6.07, 6.45) is 3.22. The van der Waals surface area contributed by atoms with Crippen molar-refractivity contribution < 1.29 is 9.53 Å². The van der Waals surface area contributed by atoms with E-state index in [4.69, 9.17) is 27.2 Å². The Morgan fingerprint density at radius 2 is 1.97 bits per heavy atom. The van der Waals surface area contributed by atoms with Gasteiger partial charge in [0.15, 0.2) is 0 Å². The van der Waals surface area contributed by atoms with Gasteiger partial charge in [-0.05, 0) is 60.7 Å². The van der Waals surface area contributed by atoms with E-state index in [1.54, 1.807) is 5.01 Å². The SMILES string of the molecule is COC(=O)Cc1ccc(N(N)c2cc(-c3cccc(Cl)c3)nc3c2CCC3)cc1. The van der Waals surface area contributed by atoms with Gasteiger partial charge >= 0.3 is 5.97 Å². The summed E-state index contributed by atoms with van der Waals surface area (Å²) < 4.78 is 4.72. The van der Waals surface area contributed by atoms with E-state index < -0.39 is 0 Å². The molecule has 2 N–H and O–H groups in total. The first-order valence-electron chi connectivity index (χ1n) is 9.54. The fraction of sp³-hybridized carbons (Fsp3) is 0.217.